The second kappa shape index (κ2) is 6.38. The lowest BCUT2D eigenvalue weighted by Gasteiger charge is -2.22. The van der Waals surface area contributed by atoms with Crippen molar-refractivity contribution in [1.82, 2.24) is 20.1 Å². The fraction of sp³-hybridized carbons (Fsp3) is 0.625. The standard InChI is InChI=1S/C16H24N4OS/c1-5-12-11(16(21-4)20(3)19-12)9-17-13-7-6-8-14-15(13)22-10(2)18-14/h13,17H,5-9H2,1-4H3/t13-/m0/s1. The van der Waals surface area contributed by atoms with Crippen molar-refractivity contribution in [1.29, 1.82) is 0 Å². The Morgan fingerprint density at radius 1 is 1.45 bits per heavy atom. The van der Waals surface area contributed by atoms with E-state index in [4.69, 9.17) is 4.74 Å². The highest BCUT2D eigenvalue weighted by molar-refractivity contribution is 7.11. The highest BCUT2D eigenvalue weighted by Crippen LogP contribution is 2.34. The van der Waals surface area contributed by atoms with Crippen molar-refractivity contribution < 1.29 is 4.74 Å². The summed E-state index contributed by atoms with van der Waals surface area (Å²) >= 11 is 1.83. The molecule has 1 aliphatic rings. The number of ether oxygens (including phenoxy) is 1. The lowest BCUT2D eigenvalue weighted by atomic mass is 9.98. The van der Waals surface area contributed by atoms with Crippen molar-refractivity contribution in [2.24, 2.45) is 7.05 Å². The van der Waals surface area contributed by atoms with Crippen LogP contribution in [0.1, 0.15) is 52.6 Å². The van der Waals surface area contributed by atoms with Crippen molar-refractivity contribution in [3.63, 3.8) is 0 Å². The molecule has 2 aromatic rings. The molecule has 0 fully saturated rings. The van der Waals surface area contributed by atoms with E-state index in [1.54, 1.807) is 7.11 Å². The molecule has 0 saturated heterocycles. The second-order valence-corrected chi connectivity index (χ2v) is 7.02. The third-order valence-electron chi connectivity index (χ3n) is 4.28. The number of nitrogens with one attached hydrogen (secondary N) is 1. The van der Waals surface area contributed by atoms with Crippen LogP contribution < -0.4 is 10.1 Å². The second-order valence-electron chi connectivity index (χ2n) is 5.78. The lowest BCUT2D eigenvalue weighted by molar-refractivity contribution is 0.365. The first-order chi connectivity index (χ1) is 10.6. The predicted molar refractivity (Wildman–Crippen MR) is 88.5 cm³/mol. The molecule has 0 aromatic carbocycles. The molecule has 0 spiro atoms. The van der Waals surface area contributed by atoms with E-state index in [0.717, 1.165) is 31.0 Å². The number of rotatable bonds is 5. The van der Waals surface area contributed by atoms with Gasteiger partial charge in [0, 0.05) is 24.5 Å². The van der Waals surface area contributed by atoms with Gasteiger partial charge in [-0.2, -0.15) is 5.10 Å². The van der Waals surface area contributed by atoms with E-state index in [0.29, 0.717) is 6.04 Å². The van der Waals surface area contributed by atoms with Crippen molar-refractivity contribution >= 4 is 11.3 Å². The topological polar surface area (TPSA) is 52.0 Å². The lowest BCUT2D eigenvalue weighted by Crippen LogP contribution is -2.24. The van der Waals surface area contributed by atoms with Crippen LogP contribution in [0.15, 0.2) is 0 Å². The summed E-state index contributed by atoms with van der Waals surface area (Å²) < 4.78 is 7.36. The van der Waals surface area contributed by atoms with Crippen LogP contribution in [-0.2, 0) is 26.4 Å². The molecule has 0 radical (unpaired) electrons. The molecule has 2 aromatic heterocycles. The molecule has 0 bridgehead atoms. The molecule has 1 aliphatic carbocycles. The summed E-state index contributed by atoms with van der Waals surface area (Å²) in [5, 5.41) is 9.43. The Labute approximate surface area is 135 Å². The van der Waals surface area contributed by atoms with E-state index in [1.165, 1.54) is 34.0 Å². The van der Waals surface area contributed by atoms with Gasteiger partial charge in [-0.05, 0) is 32.6 Å². The number of hydrogen-bond donors (Lipinski definition) is 1. The Hall–Kier alpha value is -1.40. The smallest absolute Gasteiger partial charge is 0.216 e. The monoisotopic (exact) mass is 320 g/mol. The number of aryl methyl sites for hydroxylation is 4. The minimum Gasteiger partial charge on any atom is -0.481 e. The van der Waals surface area contributed by atoms with E-state index in [-0.39, 0.29) is 0 Å². The Morgan fingerprint density at radius 2 is 2.27 bits per heavy atom. The normalized spacial score (nSPS) is 17.5. The van der Waals surface area contributed by atoms with Gasteiger partial charge in [0.25, 0.3) is 0 Å². The average molecular weight is 320 g/mol. The van der Waals surface area contributed by atoms with Gasteiger partial charge in [0.1, 0.15) is 0 Å². The fourth-order valence-electron chi connectivity index (χ4n) is 3.28. The summed E-state index contributed by atoms with van der Waals surface area (Å²) in [6.07, 6.45) is 4.43. The summed E-state index contributed by atoms with van der Waals surface area (Å²) in [5.41, 5.74) is 3.59. The minimum absolute atomic E-state index is 0.407. The molecule has 1 atom stereocenters. The molecule has 1 N–H and O–H groups in total. The molecule has 22 heavy (non-hydrogen) atoms. The zero-order chi connectivity index (χ0) is 15.7. The van der Waals surface area contributed by atoms with Gasteiger partial charge >= 0.3 is 0 Å². The fourth-order valence-corrected chi connectivity index (χ4v) is 4.37. The molecular weight excluding hydrogens is 296 g/mol. The first-order valence-electron chi connectivity index (χ1n) is 7.92. The van der Waals surface area contributed by atoms with E-state index in [1.807, 2.05) is 23.1 Å². The highest BCUT2D eigenvalue weighted by atomic mass is 32.1. The van der Waals surface area contributed by atoms with Crippen molar-refractivity contribution in [3.8, 4) is 5.88 Å². The van der Waals surface area contributed by atoms with Crippen LogP contribution in [0.4, 0.5) is 0 Å². The molecule has 6 heteroatoms. The number of methoxy groups -OCH3 is 1. The molecule has 5 nitrogen and oxygen atoms in total. The third kappa shape index (κ3) is 2.77. The molecule has 120 valence electrons. The van der Waals surface area contributed by atoms with Gasteiger partial charge in [-0.15, -0.1) is 11.3 Å². The highest BCUT2D eigenvalue weighted by Gasteiger charge is 2.25. The van der Waals surface area contributed by atoms with E-state index in [9.17, 15) is 0 Å². The molecule has 0 saturated carbocycles. The summed E-state index contributed by atoms with van der Waals surface area (Å²) in [7, 11) is 3.65. The Kier molecular flexibility index (Phi) is 4.49. The van der Waals surface area contributed by atoms with Gasteiger partial charge in [0.15, 0.2) is 0 Å². The summed E-state index contributed by atoms with van der Waals surface area (Å²) in [6.45, 7) is 5.02. The summed E-state index contributed by atoms with van der Waals surface area (Å²) in [4.78, 5) is 6.09. The van der Waals surface area contributed by atoms with Crippen LogP contribution in [0.3, 0.4) is 0 Å². The quantitative estimate of drug-likeness (QED) is 0.920. The molecule has 3 rings (SSSR count). The van der Waals surface area contributed by atoms with Crippen molar-refractivity contribution in [2.75, 3.05) is 7.11 Å². The first-order valence-corrected chi connectivity index (χ1v) is 8.74. The maximum Gasteiger partial charge on any atom is 0.216 e. The van der Waals surface area contributed by atoms with Gasteiger partial charge in [0.2, 0.25) is 5.88 Å². The van der Waals surface area contributed by atoms with Gasteiger partial charge in [-0.3, -0.25) is 0 Å². The molecule has 0 amide bonds. The minimum atomic E-state index is 0.407. The van der Waals surface area contributed by atoms with E-state index < -0.39 is 0 Å². The van der Waals surface area contributed by atoms with Crippen LogP contribution in [-0.4, -0.2) is 21.9 Å². The number of thiazole rings is 1. The van der Waals surface area contributed by atoms with Crippen LogP contribution in [0.2, 0.25) is 0 Å². The predicted octanol–water partition coefficient (Wildman–Crippen LogP) is 2.92. The molecule has 0 unspecified atom stereocenters. The summed E-state index contributed by atoms with van der Waals surface area (Å²) in [5.74, 6) is 0.862. The van der Waals surface area contributed by atoms with Crippen molar-refractivity contribution in [3.05, 3.63) is 26.8 Å². The first kappa shape index (κ1) is 15.5. The number of fused-ring (bicyclic) bond motifs is 1. The number of hydrogen-bond acceptors (Lipinski definition) is 5. The van der Waals surface area contributed by atoms with Crippen LogP contribution in [0.5, 0.6) is 5.88 Å². The Bertz CT molecular complexity index is 661. The van der Waals surface area contributed by atoms with Gasteiger partial charge in [-0.1, -0.05) is 6.92 Å². The van der Waals surface area contributed by atoms with E-state index >= 15 is 0 Å². The zero-order valence-electron chi connectivity index (χ0n) is 13.8. The van der Waals surface area contributed by atoms with Gasteiger partial charge < -0.3 is 10.1 Å². The largest absolute Gasteiger partial charge is 0.481 e. The van der Waals surface area contributed by atoms with Crippen LogP contribution in [0.25, 0.3) is 0 Å². The molecular formula is C16H24N4OS. The Balaban J connectivity index is 1.79. The van der Waals surface area contributed by atoms with Gasteiger partial charge in [-0.25, -0.2) is 9.67 Å². The number of nitrogens with zero attached hydrogens (tertiary/aromatic N) is 3. The molecule has 2 heterocycles. The summed E-state index contributed by atoms with van der Waals surface area (Å²) in [6, 6.07) is 0.407. The maximum absolute atomic E-state index is 5.52. The van der Waals surface area contributed by atoms with Crippen LogP contribution >= 0.6 is 11.3 Å². The van der Waals surface area contributed by atoms with E-state index in [2.05, 4.69) is 29.2 Å². The van der Waals surface area contributed by atoms with Crippen LogP contribution in [0, 0.1) is 6.92 Å². The molecule has 0 aliphatic heterocycles. The zero-order valence-corrected chi connectivity index (χ0v) is 14.6. The third-order valence-corrected chi connectivity index (χ3v) is 5.41. The Morgan fingerprint density at radius 3 is 3.00 bits per heavy atom. The average Bonchev–Trinajstić information content (AvgIpc) is 3.03. The van der Waals surface area contributed by atoms with Crippen molar-refractivity contribution in [2.45, 2.75) is 52.1 Å². The SMILES string of the molecule is CCc1nn(C)c(OC)c1CN[C@H]1CCCc2nc(C)sc21. The number of aromatic nitrogens is 3. The maximum atomic E-state index is 5.52. The van der Waals surface area contributed by atoms with Gasteiger partial charge in [0.05, 0.1) is 29.1 Å².